The van der Waals surface area contributed by atoms with Crippen LogP contribution in [-0.2, 0) is 9.59 Å². The van der Waals surface area contributed by atoms with Crippen molar-refractivity contribution in [2.75, 3.05) is 12.0 Å². The Balaban J connectivity index is 2.62. The fourth-order valence-corrected chi connectivity index (χ4v) is 1.74. The van der Waals surface area contributed by atoms with Crippen LogP contribution in [0.2, 0.25) is 0 Å². The Morgan fingerprint density at radius 2 is 2.05 bits per heavy atom. The van der Waals surface area contributed by atoms with E-state index in [1.165, 1.54) is 18.2 Å². The summed E-state index contributed by atoms with van der Waals surface area (Å²) in [6.45, 7) is -0.356. The molecule has 0 aliphatic rings. The maximum atomic E-state index is 12.8. The minimum Gasteiger partial charge on any atom is -0.481 e. The zero-order valence-electron chi connectivity index (χ0n) is 11.8. The number of hydrogen-bond acceptors (Lipinski definition) is 3. The number of carboxylic acids is 1. The van der Waals surface area contributed by atoms with Crippen molar-refractivity contribution >= 4 is 17.6 Å². The average molecular weight is 319 g/mol. The molecule has 5 nitrogen and oxygen atoms in total. The minimum absolute atomic E-state index is 0.0297. The van der Waals surface area contributed by atoms with Gasteiger partial charge in [0.2, 0.25) is 5.91 Å². The van der Waals surface area contributed by atoms with Gasteiger partial charge in [-0.2, -0.15) is 8.78 Å². The van der Waals surface area contributed by atoms with Crippen LogP contribution in [0.25, 0.3) is 0 Å². The number of halogens is 3. The first kappa shape index (κ1) is 17.8. The lowest BCUT2D eigenvalue weighted by Crippen LogP contribution is -2.27. The van der Waals surface area contributed by atoms with Crippen molar-refractivity contribution in [2.45, 2.75) is 25.9 Å². The molecule has 0 radical (unpaired) electrons. The number of ether oxygens (including phenoxy) is 1. The summed E-state index contributed by atoms with van der Waals surface area (Å²) in [7, 11) is 0. The molecule has 122 valence electrons. The fourth-order valence-electron chi connectivity index (χ4n) is 1.74. The van der Waals surface area contributed by atoms with Crippen molar-refractivity contribution in [3.63, 3.8) is 0 Å². The quantitative estimate of drug-likeness (QED) is 0.772. The molecule has 22 heavy (non-hydrogen) atoms. The number of benzene rings is 1. The minimum atomic E-state index is -3.93. The smallest absolute Gasteiger partial charge is 0.427 e. The summed E-state index contributed by atoms with van der Waals surface area (Å²) < 4.78 is 41.8. The number of amides is 1. The number of hydrogen-bond donors (Lipinski definition) is 2. The van der Waals surface area contributed by atoms with E-state index in [4.69, 9.17) is 5.11 Å². The summed E-state index contributed by atoms with van der Waals surface area (Å²) in [6, 6.07) is 5.13. The van der Waals surface area contributed by atoms with E-state index in [0.29, 0.717) is 0 Å². The topological polar surface area (TPSA) is 75.6 Å². The van der Waals surface area contributed by atoms with Crippen LogP contribution >= 0.6 is 0 Å². The first-order valence-corrected chi connectivity index (χ1v) is 6.46. The summed E-state index contributed by atoms with van der Waals surface area (Å²) in [6.07, 6.45) is -4.12. The summed E-state index contributed by atoms with van der Waals surface area (Å²) >= 11 is 0. The average Bonchev–Trinajstić information content (AvgIpc) is 2.37. The number of nitrogens with one attached hydrogen (secondary N) is 1. The zero-order chi connectivity index (χ0) is 16.8. The highest BCUT2D eigenvalue weighted by Crippen LogP contribution is 2.25. The molecule has 0 heterocycles. The number of carbonyl (C=O) groups is 2. The Morgan fingerprint density at radius 1 is 1.36 bits per heavy atom. The van der Waals surface area contributed by atoms with E-state index in [9.17, 15) is 22.8 Å². The third kappa shape index (κ3) is 6.47. The van der Waals surface area contributed by atoms with E-state index in [2.05, 4.69) is 10.1 Å². The van der Waals surface area contributed by atoms with Gasteiger partial charge in [-0.05, 0) is 18.1 Å². The monoisotopic (exact) mass is 319 g/mol. The number of rotatable bonds is 8. The van der Waals surface area contributed by atoms with Crippen molar-refractivity contribution in [1.82, 2.24) is 0 Å². The summed E-state index contributed by atoms with van der Waals surface area (Å²) in [5, 5.41) is 11.0. The standard InChI is InChI=1S/C14H16F3NO4/c1-9(6-13(20)21)5-12(19)18-10-3-2-4-11(7-10)22-14(16,17)8-15/h2-4,7,9H,5-6,8H2,1H3,(H,18,19)(H,20,21). The van der Waals surface area contributed by atoms with Crippen LogP contribution in [-0.4, -0.2) is 29.8 Å². The molecule has 1 unspecified atom stereocenters. The van der Waals surface area contributed by atoms with Crippen LogP contribution in [0.3, 0.4) is 0 Å². The van der Waals surface area contributed by atoms with Crippen molar-refractivity contribution in [1.29, 1.82) is 0 Å². The lowest BCUT2D eigenvalue weighted by Gasteiger charge is -2.15. The maximum absolute atomic E-state index is 12.8. The molecule has 2 N–H and O–H groups in total. The Labute approximate surface area is 125 Å². The highest BCUT2D eigenvalue weighted by molar-refractivity contribution is 5.91. The fraction of sp³-hybridized carbons (Fsp3) is 0.429. The first-order chi connectivity index (χ1) is 10.2. The van der Waals surface area contributed by atoms with Gasteiger partial charge < -0.3 is 15.2 Å². The summed E-state index contributed by atoms with van der Waals surface area (Å²) in [5.74, 6) is -2.13. The van der Waals surface area contributed by atoms with E-state index in [-0.39, 0.29) is 30.2 Å². The van der Waals surface area contributed by atoms with Crippen molar-refractivity contribution in [3.8, 4) is 5.75 Å². The van der Waals surface area contributed by atoms with Crippen molar-refractivity contribution < 1.29 is 32.6 Å². The second-order valence-corrected chi connectivity index (χ2v) is 4.86. The number of alkyl halides is 3. The molecule has 0 aliphatic heterocycles. The van der Waals surface area contributed by atoms with Gasteiger partial charge in [-0.15, -0.1) is 0 Å². The molecule has 1 atom stereocenters. The van der Waals surface area contributed by atoms with E-state index >= 15 is 0 Å². The predicted molar refractivity (Wildman–Crippen MR) is 72.7 cm³/mol. The molecule has 0 bridgehead atoms. The molecule has 0 aliphatic carbocycles. The second-order valence-electron chi connectivity index (χ2n) is 4.86. The first-order valence-electron chi connectivity index (χ1n) is 6.46. The molecule has 1 rings (SSSR count). The maximum Gasteiger partial charge on any atom is 0.427 e. The molecular weight excluding hydrogens is 303 g/mol. The molecule has 0 saturated carbocycles. The third-order valence-electron chi connectivity index (χ3n) is 2.60. The van der Waals surface area contributed by atoms with Crippen molar-refractivity contribution in [3.05, 3.63) is 24.3 Å². The van der Waals surface area contributed by atoms with E-state index in [1.807, 2.05) is 0 Å². The van der Waals surface area contributed by atoms with Gasteiger partial charge >= 0.3 is 12.1 Å². The number of carbonyl (C=O) groups excluding carboxylic acids is 1. The van der Waals surface area contributed by atoms with Gasteiger partial charge in [0.1, 0.15) is 5.75 Å². The van der Waals surface area contributed by atoms with E-state index < -0.39 is 24.7 Å². The Hall–Kier alpha value is -2.25. The van der Waals surface area contributed by atoms with Crippen LogP contribution in [0.15, 0.2) is 24.3 Å². The molecular formula is C14H16F3NO4. The van der Waals surface area contributed by atoms with Crippen LogP contribution in [0, 0.1) is 5.92 Å². The van der Waals surface area contributed by atoms with Crippen LogP contribution < -0.4 is 10.1 Å². The van der Waals surface area contributed by atoms with Gasteiger partial charge in [0.25, 0.3) is 0 Å². The molecule has 1 aromatic carbocycles. The molecule has 8 heteroatoms. The van der Waals surface area contributed by atoms with Crippen LogP contribution in [0.1, 0.15) is 19.8 Å². The Bertz CT molecular complexity index is 537. The lowest BCUT2D eigenvalue weighted by atomic mass is 10.0. The van der Waals surface area contributed by atoms with Crippen LogP contribution in [0.5, 0.6) is 5.75 Å². The zero-order valence-corrected chi connectivity index (χ0v) is 11.8. The molecule has 1 aromatic rings. The SMILES string of the molecule is CC(CC(=O)O)CC(=O)Nc1cccc(OC(F)(F)CF)c1. The van der Waals surface area contributed by atoms with Crippen LogP contribution in [0.4, 0.5) is 18.9 Å². The van der Waals surface area contributed by atoms with Crippen molar-refractivity contribution in [2.24, 2.45) is 5.92 Å². The molecule has 0 saturated heterocycles. The van der Waals surface area contributed by atoms with Gasteiger partial charge in [-0.3, -0.25) is 9.59 Å². The lowest BCUT2D eigenvalue weighted by molar-refractivity contribution is -0.186. The summed E-state index contributed by atoms with van der Waals surface area (Å²) in [5.41, 5.74) is 0.194. The highest BCUT2D eigenvalue weighted by atomic mass is 19.3. The molecule has 0 aromatic heterocycles. The second kappa shape index (κ2) is 7.67. The third-order valence-corrected chi connectivity index (χ3v) is 2.60. The number of anilines is 1. The molecule has 0 spiro atoms. The Kier molecular flexibility index (Phi) is 6.21. The van der Waals surface area contributed by atoms with E-state index in [1.54, 1.807) is 6.92 Å². The molecule has 1 amide bonds. The van der Waals surface area contributed by atoms with Gasteiger partial charge in [0.05, 0.1) is 0 Å². The number of carboxylic acid groups (broad SMARTS) is 1. The van der Waals surface area contributed by atoms with Gasteiger partial charge in [0.15, 0.2) is 6.67 Å². The molecule has 0 fully saturated rings. The summed E-state index contributed by atoms with van der Waals surface area (Å²) in [4.78, 5) is 22.2. The normalized spacial score (nSPS) is 12.5. The van der Waals surface area contributed by atoms with Gasteiger partial charge in [0, 0.05) is 24.6 Å². The highest BCUT2D eigenvalue weighted by Gasteiger charge is 2.31. The Morgan fingerprint density at radius 3 is 2.64 bits per heavy atom. The van der Waals surface area contributed by atoms with Gasteiger partial charge in [-0.1, -0.05) is 13.0 Å². The predicted octanol–water partition coefficient (Wildman–Crippen LogP) is 3.07. The largest absolute Gasteiger partial charge is 0.481 e. The number of aliphatic carboxylic acids is 1. The van der Waals surface area contributed by atoms with E-state index in [0.717, 1.165) is 6.07 Å². The van der Waals surface area contributed by atoms with Gasteiger partial charge in [-0.25, -0.2) is 4.39 Å².